The Balaban J connectivity index is 2.04. The van der Waals surface area contributed by atoms with E-state index in [4.69, 9.17) is 4.74 Å². The van der Waals surface area contributed by atoms with E-state index in [1.54, 1.807) is 20.0 Å². The first-order valence-electron chi connectivity index (χ1n) is 8.72. The Bertz CT molecular complexity index is 1030. The van der Waals surface area contributed by atoms with E-state index in [2.05, 4.69) is 5.10 Å². The molecule has 0 radical (unpaired) electrons. The van der Waals surface area contributed by atoms with Gasteiger partial charge in [-0.2, -0.15) is 18.3 Å². The molecule has 2 heterocycles. The maximum atomic E-state index is 13.4. The van der Waals surface area contributed by atoms with Crippen molar-refractivity contribution in [2.24, 2.45) is 7.05 Å². The molecule has 0 bridgehead atoms. The molecule has 2 atom stereocenters. The largest absolute Gasteiger partial charge is 0.467 e. The van der Waals surface area contributed by atoms with Crippen molar-refractivity contribution in [3.8, 4) is 0 Å². The van der Waals surface area contributed by atoms with Gasteiger partial charge < -0.3 is 9.64 Å². The SMILES string of the molecule is COC(=O)C1CC(S(=O)(=O)c2ccccc2C(F)(F)F)CN1c1cc(C)nn1C. The molecule has 0 aliphatic carbocycles. The number of hydrogen-bond acceptors (Lipinski definition) is 6. The number of ether oxygens (including phenoxy) is 1. The predicted molar refractivity (Wildman–Crippen MR) is 98.1 cm³/mol. The van der Waals surface area contributed by atoms with Crippen LogP contribution in [0.4, 0.5) is 19.0 Å². The zero-order valence-electron chi connectivity index (χ0n) is 16.0. The number of esters is 1. The summed E-state index contributed by atoms with van der Waals surface area (Å²) >= 11 is 0. The van der Waals surface area contributed by atoms with Crippen LogP contribution in [0.1, 0.15) is 17.7 Å². The van der Waals surface area contributed by atoms with Crippen LogP contribution >= 0.6 is 0 Å². The zero-order valence-corrected chi connectivity index (χ0v) is 16.8. The molecule has 158 valence electrons. The van der Waals surface area contributed by atoms with E-state index in [-0.39, 0.29) is 13.0 Å². The molecule has 29 heavy (non-hydrogen) atoms. The number of benzene rings is 1. The number of anilines is 1. The normalized spacial score (nSPS) is 20.1. The number of nitrogens with zero attached hydrogens (tertiary/aromatic N) is 3. The molecule has 1 aliphatic heterocycles. The monoisotopic (exact) mass is 431 g/mol. The second-order valence-corrected chi connectivity index (χ2v) is 9.05. The summed E-state index contributed by atoms with van der Waals surface area (Å²) in [5.41, 5.74) is -0.565. The van der Waals surface area contributed by atoms with E-state index in [1.807, 2.05) is 0 Å². The highest BCUT2D eigenvalue weighted by Gasteiger charge is 2.47. The van der Waals surface area contributed by atoms with Gasteiger partial charge in [-0.05, 0) is 25.5 Å². The van der Waals surface area contributed by atoms with Gasteiger partial charge in [0, 0.05) is 19.7 Å². The number of aromatic nitrogens is 2. The third-order valence-electron chi connectivity index (χ3n) is 4.95. The molecular formula is C18H20F3N3O4S. The highest BCUT2D eigenvalue weighted by atomic mass is 32.2. The second kappa shape index (κ2) is 7.36. The number of methoxy groups -OCH3 is 1. The Morgan fingerprint density at radius 2 is 1.93 bits per heavy atom. The van der Waals surface area contributed by atoms with Crippen molar-refractivity contribution in [2.45, 2.75) is 35.7 Å². The molecule has 3 rings (SSSR count). The molecule has 0 amide bonds. The van der Waals surface area contributed by atoms with Crippen LogP contribution in [0, 0.1) is 6.92 Å². The third kappa shape index (κ3) is 3.83. The van der Waals surface area contributed by atoms with E-state index < -0.39 is 43.7 Å². The smallest absolute Gasteiger partial charge is 0.417 e. The second-order valence-electron chi connectivity index (χ2n) is 6.86. The van der Waals surface area contributed by atoms with Gasteiger partial charge >= 0.3 is 12.1 Å². The fourth-order valence-corrected chi connectivity index (χ4v) is 5.54. The van der Waals surface area contributed by atoms with E-state index >= 15 is 0 Å². The van der Waals surface area contributed by atoms with Crippen molar-refractivity contribution in [3.63, 3.8) is 0 Å². The minimum absolute atomic E-state index is 0.159. The number of carbonyl (C=O) groups is 1. The molecule has 2 aromatic rings. The Labute approximate surface area is 166 Å². The highest BCUT2D eigenvalue weighted by molar-refractivity contribution is 7.92. The lowest BCUT2D eigenvalue weighted by Gasteiger charge is -2.24. The van der Waals surface area contributed by atoms with Gasteiger partial charge in [0.05, 0.1) is 28.5 Å². The van der Waals surface area contributed by atoms with Crippen LogP contribution in [0.15, 0.2) is 35.2 Å². The Kier molecular flexibility index (Phi) is 5.37. The number of carbonyl (C=O) groups excluding carboxylic acids is 1. The van der Waals surface area contributed by atoms with Crippen LogP contribution in [-0.2, 0) is 32.6 Å². The minimum Gasteiger partial charge on any atom is -0.467 e. The van der Waals surface area contributed by atoms with Crippen LogP contribution < -0.4 is 4.90 Å². The van der Waals surface area contributed by atoms with Gasteiger partial charge in [0.15, 0.2) is 9.84 Å². The van der Waals surface area contributed by atoms with Gasteiger partial charge in [0.25, 0.3) is 0 Å². The number of aryl methyl sites for hydroxylation is 2. The Morgan fingerprint density at radius 1 is 1.28 bits per heavy atom. The van der Waals surface area contributed by atoms with Crippen LogP contribution in [-0.4, -0.2) is 49.1 Å². The van der Waals surface area contributed by atoms with Crippen molar-refractivity contribution in [1.29, 1.82) is 0 Å². The molecule has 0 saturated carbocycles. The summed E-state index contributed by atoms with van der Waals surface area (Å²) in [5.74, 6) is -0.176. The van der Waals surface area contributed by atoms with E-state index in [0.717, 1.165) is 18.2 Å². The van der Waals surface area contributed by atoms with Gasteiger partial charge in [0.1, 0.15) is 11.9 Å². The standard InChI is InChI=1S/C18H20F3N3O4S/c1-11-8-16(23(2)22-11)24-10-12(9-14(24)17(25)28-3)29(26,27)15-7-5-4-6-13(15)18(19,20)21/h4-8,12,14H,9-10H2,1-3H3. The van der Waals surface area contributed by atoms with Gasteiger partial charge in [-0.25, -0.2) is 13.2 Å². The van der Waals surface area contributed by atoms with Crippen molar-refractivity contribution >= 4 is 21.6 Å². The summed E-state index contributed by atoms with van der Waals surface area (Å²) in [6.45, 7) is 1.58. The van der Waals surface area contributed by atoms with Gasteiger partial charge in [-0.3, -0.25) is 4.68 Å². The molecule has 1 aromatic heterocycles. The fourth-order valence-electron chi connectivity index (χ4n) is 3.63. The van der Waals surface area contributed by atoms with Crippen LogP contribution in [0.5, 0.6) is 0 Å². The van der Waals surface area contributed by atoms with Crippen LogP contribution in [0.2, 0.25) is 0 Å². The molecule has 7 nitrogen and oxygen atoms in total. The number of sulfone groups is 1. The molecular weight excluding hydrogens is 411 g/mol. The van der Waals surface area contributed by atoms with Gasteiger partial charge in [0.2, 0.25) is 0 Å². The molecule has 1 saturated heterocycles. The fraction of sp³-hybridized carbons (Fsp3) is 0.444. The molecule has 1 aliphatic rings. The predicted octanol–water partition coefficient (Wildman–Crippen LogP) is 2.34. The first kappa shape index (κ1) is 21.2. The first-order valence-corrected chi connectivity index (χ1v) is 10.3. The number of hydrogen-bond donors (Lipinski definition) is 0. The summed E-state index contributed by atoms with van der Waals surface area (Å²) in [4.78, 5) is 13.0. The minimum atomic E-state index is -4.82. The Hall–Kier alpha value is -2.56. The summed E-state index contributed by atoms with van der Waals surface area (Å²) in [5, 5.41) is 2.97. The Morgan fingerprint density at radius 3 is 2.48 bits per heavy atom. The first-order chi connectivity index (χ1) is 13.5. The van der Waals surface area contributed by atoms with Crippen molar-refractivity contribution in [3.05, 3.63) is 41.6 Å². The van der Waals surface area contributed by atoms with Crippen molar-refractivity contribution < 1.29 is 31.1 Å². The zero-order chi connectivity index (χ0) is 21.6. The average molecular weight is 431 g/mol. The quantitative estimate of drug-likeness (QED) is 0.692. The molecule has 0 spiro atoms. The number of alkyl halides is 3. The van der Waals surface area contributed by atoms with Gasteiger partial charge in [-0.1, -0.05) is 12.1 Å². The summed E-state index contributed by atoms with van der Waals surface area (Å²) < 4.78 is 72.6. The summed E-state index contributed by atoms with van der Waals surface area (Å²) in [7, 11) is -1.56. The topological polar surface area (TPSA) is 81.5 Å². The van der Waals surface area contributed by atoms with Gasteiger partial charge in [-0.15, -0.1) is 0 Å². The maximum absolute atomic E-state index is 13.4. The molecule has 1 aromatic carbocycles. The van der Waals surface area contributed by atoms with Crippen molar-refractivity contribution in [1.82, 2.24) is 9.78 Å². The third-order valence-corrected chi connectivity index (χ3v) is 7.13. The average Bonchev–Trinajstić information content (AvgIpc) is 3.23. The lowest BCUT2D eigenvalue weighted by atomic mass is 10.2. The number of rotatable bonds is 4. The summed E-state index contributed by atoms with van der Waals surface area (Å²) in [6.07, 6.45) is -5.01. The molecule has 2 unspecified atom stereocenters. The lowest BCUT2D eigenvalue weighted by Crippen LogP contribution is -2.38. The van der Waals surface area contributed by atoms with Crippen LogP contribution in [0.25, 0.3) is 0 Å². The molecule has 1 fully saturated rings. The maximum Gasteiger partial charge on any atom is 0.417 e. The van der Waals surface area contributed by atoms with E-state index in [0.29, 0.717) is 11.5 Å². The van der Waals surface area contributed by atoms with E-state index in [1.165, 1.54) is 22.8 Å². The lowest BCUT2D eigenvalue weighted by molar-refractivity contribution is -0.142. The molecule has 0 N–H and O–H groups in total. The van der Waals surface area contributed by atoms with E-state index in [9.17, 15) is 26.4 Å². The summed E-state index contributed by atoms with van der Waals surface area (Å²) in [6, 6.07) is 4.79. The van der Waals surface area contributed by atoms with Crippen molar-refractivity contribution in [2.75, 3.05) is 18.6 Å². The number of halogens is 3. The van der Waals surface area contributed by atoms with Crippen LogP contribution in [0.3, 0.4) is 0 Å². The highest BCUT2D eigenvalue weighted by Crippen LogP contribution is 2.38. The molecule has 11 heteroatoms.